The van der Waals surface area contributed by atoms with Gasteiger partial charge in [0.25, 0.3) is 0 Å². The van der Waals surface area contributed by atoms with E-state index in [0.29, 0.717) is 64.6 Å². The second-order valence-electron chi connectivity index (χ2n) is 37.7. The Hall–Kier alpha value is -8.01. The number of rotatable bonds is 44. The Balaban J connectivity index is 0.712. The standard InChI is InChI=1S/C100H132IN5O28S3/c1-54-45-78(126-53-64(54)46-56(3)107)132-90-85(116)83(105-134-79-50-72(110)91(61(8)128-79)136-94(120)80-57(4)82(101)88(58(5)87(80)124-15)133-95-86(117)89(125-16)84(115)60(7)130-95)59(6)129-96(90)131-74-31-23-17-18-25-39-100(122)51-73(111)67(48-77(114)123-14)81(74)68(100)38-43-135-137-99(12,13)40-37-66(108)30-27-41-102-97(121)127-52-63-33-35-65(36-34-63)103-92(118)55(2)44-71(109)70(47-62-28-21-19-22-29-62)104-75(112)32-24-20-26-42-106-76(113)49-69(93(106)119)98(9,10)11/h17-19,21-22,28-29,33-36,38,54-55,59-61,64,69-70,72,74,78-79,83-86,89-91,95-96,105,110,115-117,122H,20,24,26-27,30,32,37,40-53H2,1-16H3,(H,102,121)(H,103,118)(H,104,112)/b18-17-,68-38-/t54?,55-,59?,60?,61?,64?,69?,70+,72?,74+,78?,79?,83?,84?,85?,86?,89?,90?,91?,95?,96?,100+/m1/s1. The highest BCUT2D eigenvalue weighted by atomic mass is 127. The van der Waals surface area contributed by atoms with Crippen LogP contribution in [0.4, 0.5) is 10.5 Å². The Morgan fingerprint density at radius 1 is 0.781 bits per heavy atom. The van der Waals surface area contributed by atoms with Crippen LogP contribution in [0.5, 0.6) is 11.5 Å². The molecule has 0 radical (unpaired) electrons. The number of hydrogen-bond donors (Lipinski definition) is 9. The number of alkyl carbamates (subject to hydrolysis) is 1. The van der Waals surface area contributed by atoms with Crippen LogP contribution in [-0.4, -0.2) is 255 Å². The van der Waals surface area contributed by atoms with Crippen LogP contribution in [0.1, 0.15) is 205 Å². The summed E-state index contributed by atoms with van der Waals surface area (Å²) < 4.78 is 66.9. The molecular formula is C100H132IN5O28S3. The second kappa shape index (κ2) is 51.1. The number of allylic oxidation sites excluding steroid dienone is 2. The predicted molar refractivity (Wildman–Crippen MR) is 520 cm³/mol. The first-order valence-electron chi connectivity index (χ1n) is 46.5. The van der Waals surface area contributed by atoms with Gasteiger partial charge in [0.2, 0.25) is 35.0 Å². The number of Topliss-reactive ketones (excluding diaryl/α,β-unsaturated/α-hetero) is 4. The number of thioether (sulfide) groups is 1. The van der Waals surface area contributed by atoms with Crippen molar-refractivity contribution in [2.75, 3.05) is 52.1 Å². The van der Waals surface area contributed by atoms with Gasteiger partial charge in [-0.25, -0.2) is 4.79 Å². The summed E-state index contributed by atoms with van der Waals surface area (Å²) in [6.07, 6.45) is -10.7. The number of halogens is 1. The van der Waals surface area contributed by atoms with Gasteiger partial charge in [-0.1, -0.05) is 147 Å². The van der Waals surface area contributed by atoms with Gasteiger partial charge in [-0.2, -0.15) is 5.48 Å². The van der Waals surface area contributed by atoms with Gasteiger partial charge in [0, 0.05) is 116 Å². The average molecular weight is 2080 g/mol. The summed E-state index contributed by atoms with van der Waals surface area (Å²) in [6, 6.07) is 13.9. The summed E-state index contributed by atoms with van der Waals surface area (Å²) in [5.41, 5.74) is 3.42. The van der Waals surface area contributed by atoms with Gasteiger partial charge in [-0.15, -0.1) is 0 Å². The number of aliphatic hydroxyl groups is 5. The fourth-order valence-corrected chi connectivity index (χ4v) is 21.8. The van der Waals surface area contributed by atoms with E-state index in [1.54, 1.807) is 71.9 Å². The first-order valence-corrected chi connectivity index (χ1v) is 50.8. The molecule has 2 aliphatic carbocycles. The number of unbranched alkanes of at least 4 members (excludes halogenated alkanes) is 2. The van der Waals surface area contributed by atoms with E-state index in [9.17, 15) is 78.3 Å². The average Bonchev–Trinajstić information content (AvgIpc) is 1.44. The number of anilines is 1. The van der Waals surface area contributed by atoms with Crippen molar-refractivity contribution in [3.05, 3.63) is 121 Å². The van der Waals surface area contributed by atoms with E-state index in [1.807, 2.05) is 94.5 Å². The molecule has 3 aromatic rings. The number of ketones is 4. The SMILES string of the molecule is COC(=O)CC1=C2/C(=C/CSSC(C)(C)CCC(=O)CCCNC(=O)OCc3ccc(NC(=O)[C@H](C)CC(=O)[C@H](Cc4ccccc4)NC(=O)CCCCCN4C(=O)CC(C(C)(C)C)C4=O)cc3)[C@](O)(C#C/C=C\C#C[C@@H]2OC2OC(C)C(NOC3CC(O)C(SC(=O)c4c(C)c(I)c(OC5OC(C)C(O)C(OC)C5O)c(C)c4OC)C(C)O3)C(O)C2OC2CC(C)C(CC(C)=O)CO2)CC1=O. The number of ether oxygens (including phenoxy) is 11. The lowest BCUT2D eigenvalue weighted by Crippen LogP contribution is -2.64. The molecule has 18 unspecified atom stereocenters. The summed E-state index contributed by atoms with van der Waals surface area (Å²) in [5.74, 6) is 8.05. The highest BCUT2D eigenvalue weighted by Gasteiger charge is 2.53. The van der Waals surface area contributed by atoms with Crippen LogP contribution in [0.15, 0.2) is 89.5 Å². The van der Waals surface area contributed by atoms with E-state index in [1.165, 1.54) is 66.9 Å². The molecule has 9 N–H and O–H groups in total. The number of likely N-dealkylation sites (tertiary alicyclic amines) is 1. The zero-order chi connectivity index (χ0) is 100. The Morgan fingerprint density at radius 2 is 1.50 bits per heavy atom. The smallest absolute Gasteiger partial charge is 0.407 e. The molecule has 3 aromatic carbocycles. The molecule has 5 fully saturated rings. The number of benzene rings is 3. The largest absolute Gasteiger partial charge is 0.496 e. The summed E-state index contributed by atoms with van der Waals surface area (Å²) >= 11 is 2.89. The normalized spacial score (nSPS) is 28.3. The summed E-state index contributed by atoms with van der Waals surface area (Å²) in [7, 11) is 6.79. The molecule has 0 saturated carbocycles. The number of amides is 5. The van der Waals surface area contributed by atoms with Gasteiger partial charge in [-0.05, 0) is 168 Å². The Kier molecular flexibility index (Phi) is 41.4. The van der Waals surface area contributed by atoms with Gasteiger partial charge in [0.05, 0.1) is 90.5 Å². The monoisotopic (exact) mass is 2070 g/mol. The number of imide groups is 1. The maximum atomic E-state index is 14.6. The fraction of sp³-hybridized carbons (Fsp3) is 0.610. The summed E-state index contributed by atoms with van der Waals surface area (Å²) in [4.78, 5) is 155. The van der Waals surface area contributed by atoms with Crippen molar-refractivity contribution in [1.29, 1.82) is 0 Å². The number of carbonyl (C=O) groups is 11. The Bertz CT molecular complexity index is 5010. The number of methoxy groups -OCH3 is 3. The van der Waals surface area contributed by atoms with Gasteiger partial charge >= 0.3 is 12.1 Å². The lowest BCUT2D eigenvalue weighted by atomic mass is 9.72. The number of nitrogens with zero attached hydrogens (tertiary/aromatic N) is 1. The number of esters is 1. The lowest BCUT2D eigenvalue weighted by Gasteiger charge is -2.46. The zero-order valence-electron chi connectivity index (χ0n) is 80.6. The Labute approximate surface area is 826 Å². The molecule has 750 valence electrons. The van der Waals surface area contributed by atoms with Crippen LogP contribution >= 0.6 is 55.9 Å². The van der Waals surface area contributed by atoms with E-state index >= 15 is 0 Å². The van der Waals surface area contributed by atoms with Gasteiger partial charge in [0.15, 0.2) is 36.0 Å². The minimum Gasteiger partial charge on any atom is -0.496 e. The first kappa shape index (κ1) is 111. The highest BCUT2D eigenvalue weighted by molar-refractivity contribution is 14.1. The molecule has 7 aliphatic rings. The molecule has 10 rings (SSSR count). The van der Waals surface area contributed by atoms with Crippen molar-refractivity contribution in [3.8, 4) is 35.2 Å². The van der Waals surface area contributed by atoms with Crippen LogP contribution in [0.2, 0.25) is 0 Å². The molecule has 37 heteroatoms. The third-order valence-electron chi connectivity index (χ3n) is 25.6. The lowest BCUT2D eigenvalue weighted by molar-refractivity contribution is -0.335. The fourth-order valence-electron chi connectivity index (χ4n) is 17.4. The van der Waals surface area contributed by atoms with Crippen molar-refractivity contribution in [2.24, 2.45) is 29.1 Å². The number of aliphatic hydroxyl groups excluding tert-OH is 4. The highest BCUT2D eigenvalue weighted by Crippen LogP contribution is 2.48. The number of nitrogens with one attached hydrogen (secondary N) is 4. The molecule has 5 heterocycles. The maximum Gasteiger partial charge on any atom is 0.407 e. The van der Waals surface area contributed by atoms with Crippen molar-refractivity contribution >= 4 is 126 Å². The van der Waals surface area contributed by atoms with E-state index < -0.39 is 162 Å². The summed E-state index contributed by atoms with van der Waals surface area (Å²) in [5, 5.41) is 66.3. The number of carbonyl (C=O) groups excluding carboxylic acids is 11. The van der Waals surface area contributed by atoms with E-state index in [0.717, 1.165) is 17.3 Å². The van der Waals surface area contributed by atoms with Crippen LogP contribution in [0, 0.1) is 70.2 Å². The molecule has 5 aliphatic heterocycles. The molecule has 33 nitrogen and oxygen atoms in total. The van der Waals surface area contributed by atoms with Gasteiger partial charge in [0.1, 0.15) is 66.3 Å². The van der Waals surface area contributed by atoms with E-state index in [-0.39, 0.29) is 175 Å². The van der Waals surface area contributed by atoms with Crippen LogP contribution in [0.3, 0.4) is 0 Å². The van der Waals surface area contributed by atoms with Crippen LogP contribution in [-0.2, 0) is 104 Å². The molecule has 137 heavy (non-hydrogen) atoms. The third-order valence-corrected chi connectivity index (χ3v) is 31.5. The molecule has 5 saturated heterocycles. The van der Waals surface area contributed by atoms with E-state index in [4.69, 9.17) is 56.9 Å². The molecule has 2 bridgehead atoms. The van der Waals surface area contributed by atoms with Crippen molar-refractivity contribution in [1.82, 2.24) is 21.0 Å². The van der Waals surface area contributed by atoms with Crippen molar-refractivity contribution in [3.63, 3.8) is 0 Å². The molecule has 22 atom stereocenters. The number of hydrogen-bond acceptors (Lipinski definition) is 32. The zero-order valence-corrected chi connectivity index (χ0v) is 85.2. The predicted octanol–water partition coefficient (Wildman–Crippen LogP) is 10.8. The van der Waals surface area contributed by atoms with Crippen LogP contribution in [0.25, 0.3) is 0 Å². The minimum absolute atomic E-state index is 0.00379. The molecule has 0 spiro atoms. The molecule has 5 amide bonds. The maximum absolute atomic E-state index is 14.6. The number of hydroxylamine groups is 1. The topological polar surface area (TPSA) is 451 Å². The van der Waals surface area contributed by atoms with Crippen molar-refractivity contribution in [2.45, 2.75) is 313 Å². The van der Waals surface area contributed by atoms with Gasteiger partial charge < -0.3 is 98.4 Å². The van der Waals surface area contributed by atoms with Crippen LogP contribution < -0.4 is 30.9 Å². The molecule has 0 aromatic heterocycles. The first-order chi connectivity index (χ1) is 64.9. The third kappa shape index (κ3) is 30.3. The quantitative estimate of drug-likeness (QED) is 0.00483. The minimum atomic E-state index is -2.18. The van der Waals surface area contributed by atoms with Gasteiger partial charge in [-0.3, -0.25) is 52.9 Å². The second-order valence-corrected chi connectivity index (χ2v) is 43.0. The van der Waals surface area contributed by atoms with E-state index in [2.05, 4.69) is 45.1 Å². The Morgan fingerprint density at radius 3 is 2.17 bits per heavy atom. The summed E-state index contributed by atoms with van der Waals surface area (Å²) in [6.45, 7) is 23.7. The molecular weight excluding hydrogens is 1940 g/mol. The van der Waals surface area contributed by atoms with Crippen molar-refractivity contribution < 1.29 is 135 Å². The number of fused-ring (bicyclic) bond motifs is 2.